The summed E-state index contributed by atoms with van der Waals surface area (Å²) in [6, 6.07) is 7.39. The highest BCUT2D eigenvalue weighted by molar-refractivity contribution is 6.03. The van der Waals surface area contributed by atoms with Gasteiger partial charge in [-0.05, 0) is 37.1 Å². The van der Waals surface area contributed by atoms with Crippen molar-refractivity contribution in [3.63, 3.8) is 0 Å². The Morgan fingerprint density at radius 3 is 1.48 bits per heavy atom. The van der Waals surface area contributed by atoms with Crippen molar-refractivity contribution in [2.75, 3.05) is 0 Å². The molecule has 27 heavy (non-hydrogen) atoms. The van der Waals surface area contributed by atoms with E-state index in [0.29, 0.717) is 24.0 Å². The highest BCUT2D eigenvalue weighted by atomic mass is 16.6. The van der Waals surface area contributed by atoms with Gasteiger partial charge >= 0.3 is 11.9 Å². The van der Waals surface area contributed by atoms with Gasteiger partial charge in [0.15, 0.2) is 0 Å². The average Bonchev–Trinajstić information content (AvgIpc) is 2.66. The zero-order chi connectivity index (χ0) is 20.1. The van der Waals surface area contributed by atoms with Gasteiger partial charge < -0.3 is 4.74 Å². The second kappa shape index (κ2) is 8.17. The molecule has 0 radical (unpaired) electrons. The van der Waals surface area contributed by atoms with E-state index in [9.17, 15) is 29.8 Å². The topological polar surface area (TPSA) is 130 Å². The number of nitrogens with zero attached hydrogens (tertiary/aromatic N) is 2. The number of hydrogen-bond acceptors (Lipinski definition) is 7. The van der Waals surface area contributed by atoms with E-state index in [2.05, 4.69) is 0 Å². The van der Waals surface area contributed by atoms with E-state index < -0.39 is 21.8 Å². The van der Waals surface area contributed by atoms with E-state index in [1.54, 1.807) is 13.8 Å². The molecule has 2 rings (SSSR count). The number of esters is 2. The van der Waals surface area contributed by atoms with Crippen LogP contribution < -0.4 is 0 Å². The monoisotopic (exact) mass is 372 g/mol. The van der Waals surface area contributed by atoms with Crippen LogP contribution in [0, 0.1) is 20.2 Å². The van der Waals surface area contributed by atoms with Gasteiger partial charge in [-0.1, -0.05) is 13.8 Å². The third kappa shape index (κ3) is 4.32. The van der Waals surface area contributed by atoms with Gasteiger partial charge in [0.1, 0.15) is 0 Å². The van der Waals surface area contributed by atoms with E-state index in [-0.39, 0.29) is 22.5 Å². The van der Waals surface area contributed by atoms with Crippen LogP contribution in [0.15, 0.2) is 36.4 Å². The van der Waals surface area contributed by atoms with E-state index in [0.717, 1.165) is 0 Å². The lowest BCUT2D eigenvalue weighted by atomic mass is 10.1. The number of aryl methyl sites for hydroxylation is 2. The molecule has 2 aromatic carbocycles. The molecule has 0 saturated heterocycles. The summed E-state index contributed by atoms with van der Waals surface area (Å²) in [6.45, 7) is 3.40. The van der Waals surface area contributed by atoms with Gasteiger partial charge in [-0.15, -0.1) is 0 Å². The zero-order valence-corrected chi connectivity index (χ0v) is 14.6. The van der Waals surface area contributed by atoms with Crippen molar-refractivity contribution in [1.82, 2.24) is 0 Å². The molecule has 0 unspecified atom stereocenters. The van der Waals surface area contributed by atoms with Crippen LogP contribution in [0.3, 0.4) is 0 Å². The molecule has 0 bridgehead atoms. The van der Waals surface area contributed by atoms with Crippen molar-refractivity contribution in [3.8, 4) is 0 Å². The average molecular weight is 372 g/mol. The largest absolute Gasteiger partial charge is 0.386 e. The summed E-state index contributed by atoms with van der Waals surface area (Å²) in [5.41, 5.74) is 0.439. The minimum atomic E-state index is -0.957. The van der Waals surface area contributed by atoms with Gasteiger partial charge in [0.05, 0.1) is 21.0 Å². The molecular formula is C18H16N2O7. The van der Waals surface area contributed by atoms with Gasteiger partial charge in [0.2, 0.25) is 0 Å². The third-order valence-corrected chi connectivity index (χ3v) is 3.97. The molecule has 0 saturated carbocycles. The molecule has 0 N–H and O–H groups in total. The number of carbonyl (C=O) groups is 2. The predicted molar refractivity (Wildman–Crippen MR) is 94.7 cm³/mol. The molecule has 140 valence electrons. The fraction of sp³-hybridized carbons (Fsp3) is 0.222. The van der Waals surface area contributed by atoms with Crippen LogP contribution in [0.4, 0.5) is 11.4 Å². The Hall–Kier alpha value is -3.62. The smallest absolute Gasteiger partial charge is 0.346 e. The second-order valence-electron chi connectivity index (χ2n) is 5.59. The molecule has 9 nitrogen and oxygen atoms in total. The van der Waals surface area contributed by atoms with Crippen molar-refractivity contribution in [1.29, 1.82) is 0 Å². The first-order chi connectivity index (χ1) is 12.8. The van der Waals surface area contributed by atoms with E-state index in [1.807, 2.05) is 0 Å². The number of carbonyl (C=O) groups excluding carboxylic acids is 2. The van der Waals surface area contributed by atoms with Crippen LogP contribution >= 0.6 is 0 Å². The number of rotatable bonds is 6. The molecule has 9 heteroatoms. The standard InChI is InChI=1S/C18H16N2O7/c1-3-11-9-13(5-7-15(11)19(23)24)17(21)27-18(22)14-6-8-16(20(25)26)12(4-2)10-14/h5-10H,3-4H2,1-2H3. The fourth-order valence-corrected chi connectivity index (χ4v) is 2.55. The summed E-state index contributed by atoms with van der Waals surface area (Å²) in [7, 11) is 0. The Balaban J connectivity index is 2.24. The summed E-state index contributed by atoms with van der Waals surface area (Å²) in [4.78, 5) is 45.2. The lowest BCUT2D eigenvalue weighted by molar-refractivity contribution is -0.385. The Morgan fingerprint density at radius 1 is 0.815 bits per heavy atom. The number of nitro benzene ring substituents is 2. The number of benzene rings is 2. The maximum absolute atomic E-state index is 12.2. The highest BCUT2D eigenvalue weighted by Gasteiger charge is 2.21. The Morgan fingerprint density at radius 2 is 1.19 bits per heavy atom. The lowest BCUT2D eigenvalue weighted by Crippen LogP contribution is -2.14. The lowest BCUT2D eigenvalue weighted by Gasteiger charge is -2.07. The summed E-state index contributed by atoms with van der Waals surface area (Å²) >= 11 is 0. The number of nitro groups is 2. The minimum Gasteiger partial charge on any atom is -0.386 e. The summed E-state index contributed by atoms with van der Waals surface area (Å²) in [5, 5.41) is 21.9. The fourth-order valence-electron chi connectivity index (χ4n) is 2.55. The zero-order valence-electron chi connectivity index (χ0n) is 14.6. The van der Waals surface area contributed by atoms with Crippen molar-refractivity contribution in [2.24, 2.45) is 0 Å². The van der Waals surface area contributed by atoms with E-state index >= 15 is 0 Å². The molecule has 0 atom stereocenters. The second-order valence-corrected chi connectivity index (χ2v) is 5.59. The van der Waals surface area contributed by atoms with Crippen LogP contribution in [-0.2, 0) is 17.6 Å². The summed E-state index contributed by atoms with van der Waals surface area (Å²) in [6.07, 6.45) is 0.654. The van der Waals surface area contributed by atoms with Crippen LogP contribution in [0.1, 0.15) is 45.7 Å². The normalized spacial score (nSPS) is 10.3. The Kier molecular flexibility index (Phi) is 5.96. The van der Waals surface area contributed by atoms with Crippen LogP contribution in [0.2, 0.25) is 0 Å². The molecule has 2 aromatic rings. The van der Waals surface area contributed by atoms with Crippen LogP contribution in [0.25, 0.3) is 0 Å². The third-order valence-electron chi connectivity index (χ3n) is 3.97. The highest BCUT2D eigenvalue weighted by Crippen LogP contribution is 2.23. The predicted octanol–water partition coefficient (Wildman–Crippen LogP) is 3.63. The van der Waals surface area contributed by atoms with Crippen LogP contribution in [0.5, 0.6) is 0 Å². The summed E-state index contributed by atoms with van der Waals surface area (Å²) in [5.74, 6) is -1.91. The first-order valence-corrected chi connectivity index (χ1v) is 8.09. The molecule has 0 spiro atoms. The molecule has 0 aliphatic carbocycles. The molecule has 0 aliphatic rings. The SMILES string of the molecule is CCc1cc(C(=O)OC(=O)c2ccc([N+](=O)[O-])c(CC)c2)ccc1[N+](=O)[O-]. The molecule has 0 fully saturated rings. The summed E-state index contributed by atoms with van der Waals surface area (Å²) < 4.78 is 4.80. The van der Waals surface area contributed by atoms with Gasteiger partial charge in [-0.3, -0.25) is 20.2 Å². The molecule has 0 aromatic heterocycles. The first-order valence-electron chi connectivity index (χ1n) is 8.09. The van der Waals surface area contributed by atoms with Crippen molar-refractivity contribution in [3.05, 3.63) is 78.9 Å². The van der Waals surface area contributed by atoms with E-state index in [4.69, 9.17) is 4.74 Å². The van der Waals surface area contributed by atoms with Gasteiger partial charge in [0.25, 0.3) is 11.4 Å². The first kappa shape index (κ1) is 19.7. The van der Waals surface area contributed by atoms with E-state index in [1.165, 1.54) is 36.4 Å². The van der Waals surface area contributed by atoms with Gasteiger partial charge in [-0.25, -0.2) is 9.59 Å². The number of hydrogen-bond donors (Lipinski definition) is 0. The van der Waals surface area contributed by atoms with Gasteiger partial charge in [0, 0.05) is 23.3 Å². The minimum absolute atomic E-state index is 0.00317. The Bertz CT molecular complexity index is 862. The Labute approximate surface area is 153 Å². The van der Waals surface area contributed by atoms with Crippen LogP contribution in [-0.4, -0.2) is 21.8 Å². The molecule has 0 aliphatic heterocycles. The van der Waals surface area contributed by atoms with Gasteiger partial charge in [-0.2, -0.15) is 0 Å². The molecule has 0 heterocycles. The molecule has 0 amide bonds. The van der Waals surface area contributed by atoms with Crippen molar-refractivity contribution in [2.45, 2.75) is 26.7 Å². The maximum atomic E-state index is 12.2. The number of ether oxygens (including phenoxy) is 1. The molecular weight excluding hydrogens is 356 g/mol. The maximum Gasteiger partial charge on any atom is 0.346 e. The van der Waals surface area contributed by atoms with Crippen molar-refractivity contribution >= 4 is 23.3 Å². The van der Waals surface area contributed by atoms with Crippen molar-refractivity contribution < 1.29 is 24.2 Å². The quantitative estimate of drug-likeness (QED) is 0.327.